The number of nitrogens with zero attached hydrogens (tertiary/aromatic N) is 2. The Balaban J connectivity index is 2.62. The van der Waals surface area contributed by atoms with Gasteiger partial charge in [-0.1, -0.05) is 0 Å². The number of thiophene rings is 1. The lowest BCUT2D eigenvalue weighted by Crippen LogP contribution is -2.00. The Morgan fingerprint density at radius 1 is 1.53 bits per heavy atom. The van der Waals surface area contributed by atoms with Crippen molar-refractivity contribution < 1.29 is 9.90 Å². The molecule has 0 spiro atoms. The third-order valence-corrected chi connectivity index (χ3v) is 3.64. The highest BCUT2D eigenvalue weighted by Gasteiger charge is 2.18. The number of aromatic nitrogens is 2. The van der Waals surface area contributed by atoms with Crippen molar-refractivity contribution in [2.24, 2.45) is 7.05 Å². The molecule has 2 rings (SSSR count). The molecule has 15 heavy (non-hydrogen) atoms. The van der Waals surface area contributed by atoms with Gasteiger partial charge in [-0.2, -0.15) is 16.4 Å². The molecule has 2 aromatic heterocycles. The molecule has 0 radical (unpaired) electrons. The Labute approximate surface area is 98.3 Å². The number of rotatable bonds is 2. The van der Waals surface area contributed by atoms with Gasteiger partial charge in [0.15, 0.2) is 5.69 Å². The summed E-state index contributed by atoms with van der Waals surface area (Å²) >= 11 is 4.89. The summed E-state index contributed by atoms with van der Waals surface area (Å²) in [6.45, 7) is 0. The number of hydrogen-bond donors (Lipinski definition) is 1. The number of carbonyl (C=O) groups is 1. The van der Waals surface area contributed by atoms with Crippen molar-refractivity contribution in [2.45, 2.75) is 0 Å². The van der Waals surface area contributed by atoms with Crippen LogP contribution in [0.2, 0.25) is 0 Å². The Hall–Kier alpha value is -1.14. The summed E-state index contributed by atoms with van der Waals surface area (Å²) in [5, 5.41) is 16.7. The molecule has 0 aliphatic heterocycles. The van der Waals surface area contributed by atoms with Crippen LogP contribution in [0.25, 0.3) is 11.1 Å². The zero-order valence-corrected chi connectivity index (χ0v) is 10.2. The lowest BCUT2D eigenvalue weighted by Gasteiger charge is -1.95. The van der Waals surface area contributed by atoms with Crippen LogP contribution in [0.3, 0.4) is 0 Å². The van der Waals surface area contributed by atoms with E-state index >= 15 is 0 Å². The van der Waals surface area contributed by atoms with E-state index in [9.17, 15) is 4.79 Å². The van der Waals surface area contributed by atoms with Crippen LogP contribution in [-0.4, -0.2) is 20.9 Å². The topological polar surface area (TPSA) is 55.1 Å². The first-order valence-electron chi connectivity index (χ1n) is 4.08. The number of halogens is 1. The first-order valence-corrected chi connectivity index (χ1v) is 5.82. The molecule has 0 aliphatic carbocycles. The zero-order chi connectivity index (χ0) is 11.0. The summed E-state index contributed by atoms with van der Waals surface area (Å²) in [4.78, 5) is 11.0. The number of hydrogen-bond acceptors (Lipinski definition) is 3. The maximum atomic E-state index is 11.0. The molecular weight excluding hydrogens is 280 g/mol. The smallest absolute Gasteiger partial charge is 0.357 e. The molecule has 0 unspecified atom stereocenters. The lowest BCUT2D eigenvalue weighted by molar-refractivity contribution is 0.0690. The van der Waals surface area contributed by atoms with Gasteiger partial charge in [-0.3, -0.25) is 4.68 Å². The Kier molecular flexibility index (Phi) is 2.62. The minimum atomic E-state index is -1.01. The van der Waals surface area contributed by atoms with Gasteiger partial charge in [-0.25, -0.2) is 4.79 Å². The fraction of sp³-hybridized carbons (Fsp3) is 0.111. The monoisotopic (exact) mass is 286 g/mol. The van der Waals surface area contributed by atoms with E-state index < -0.39 is 5.97 Å². The molecule has 78 valence electrons. The van der Waals surface area contributed by atoms with Gasteiger partial charge in [0.25, 0.3) is 0 Å². The van der Waals surface area contributed by atoms with Crippen LogP contribution in [0, 0.1) is 0 Å². The van der Waals surface area contributed by atoms with E-state index in [4.69, 9.17) is 5.11 Å². The molecule has 6 heteroatoms. The molecule has 2 heterocycles. The summed E-state index contributed by atoms with van der Waals surface area (Å²) in [7, 11) is 1.70. The molecule has 0 aliphatic rings. The third kappa shape index (κ3) is 1.82. The second kappa shape index (κ2) is 3.79. The highest BCUT2D eigenvalue weighted by atomic mass is 79.9. The van der Waals surface area contributed by atoms with Gasteiger partial charge in [0.05, 0.1) is 0 Å². The Morgan fingerprint density at radius 3 is 2.80 bits per heavy atom. The molecule has 0 bridgehead atoms. The number of aryl methyl sites for hydroxylation is 1. The molecule has 4 nitrogen and oxygen atoms in total. The van der Waals surface area contributed by atoms with Crippen LogP contribution in [0.5, 0.6) is 0 Å². The number of carboxylic acid groups (broad SMARTS) is 1. The summed E-state index contributed by atoms with van der Waals surface area (Å²) in [5.74, 6) is -1.01. The first-order chi connectivity index (χ1) is 7.09. The minimum Gasteiger partial charge on any atom is -0.476 e. The van der Waals surface area contributed by atoms with Gasteiger partial charge >= 0.3 is 5.97 Å². The predicted molar refractivity (Wildman–Crippen MR) is 61.2 cm³/mol. The minimum absolute atomic E-state index is 0.0802. The van der Waals surface area contributed by atoms with Gasteiger partial charge in [-0.15, -0.1) is 0 Å². The third-order valence-electron chi connectivity index (χ3n) is 1.94. The molecule has 0 fully saturated rings. The van der Waals surface area contributed by atoms with Crippen molar-refractivity contribution in [3.05, 3.63) is 27.1 Å². The SMILES string of the molecule is Cn1cc(-c2cscc2Br)c(C(=O)O)n1. The van der Waals surface area contributed by atoms with E-state index in [1.54, 1.807) is 13.2 Å². The van der Waals surface area contributed by atoms with Crippen molar-refractivity contribution in [2.75, 3.05) is 0 Å². The summed E-state index contributed by atoms with van der Waals surface area (Å²) in [6.07, 6.45) is 1.70. The normalized spacial score (nSPS) is 10.5. The van der Waals surface area contributed by atoms with Crippen molar-refractivity contribution in [3.63, 3.8) is 0 Å². The van der Waals surface area contributed by atoms with E-state index in [1.807, 2.05) is 10.8 Å². The summed E-state index contributed by atoms with van der Waals surface area (Å²) < 4.78 is 2.39. The van der Waals surface area contributed by atoms with Crippen LogP contribution < -0.4 is 0 Å². The van der Waals surface area contributed by atoms with E-state index in [0.29, 0.717) is 5.56 Å². The predicted octanol–water partition coefficient (Wildman–Crippen LogP) is 2.61. The van der Waals surface area contributed by atoms with Crippen molar-refractivity contribution in [3.8, 4) is 11.1 Å². The summed E-state index contributed by atoms with van der Waals surface area (Å²) in [6, 6.07) is 0. The van der Waals surface area contributed by atoms with Crippen molar-refractivity contribution >= 4 is 33.2 Å². The van der Waals surface area contributed by atoms with Gasteiger partial charge in [-0.05, 0) is 21.3 Å². The fourth-order valence-electron chi connectivity index (χ4n) is 1.32. The molecular formula is C9H7BrN2O2S. The maximum absolute atomic E-state index is 11.0. The molecule has 0 amide bonds. The first kappa shape index (κ1) is 10.4. The summed E-state index contributed by atoms with van der Waals surface area (Å²) in [5.41, 5.74) is 1.58. The molecule has 0 saturated heterocycles. The average Bonchev–Trinajstić information content (AvgIpc) is 2.71. The number of aromatic carboxylic acids is 1. The van der Waals surface area contributed by atoms with Crippen LogP contribution in [-0.2, 0) is 7.05 Å². The molecule has 1 N–H and O–H groups in total. The van der Waals surface area contributed by atoms with Gasteiger partial charge in [0.1, 0.15) is 0 Å². The van der Waals surface area contributed by atoms with E-state index in [1.165, 1.54) is 16.0 Å². The maximum Gasteiger partial charge on any atom is 0.357 e. The zero-order valence-electron chi connectivity index (χ0n) is 7.77. The van der Waals surface area contributed by atoms with E-state index in [2.05, 4.69) is 21.0 Å². The molecule has 0 saturated carbocycles. The van der Waals surface area contributed by atoms with Crippen LogP contribution in [0.15, 0.2) is 21.4 Å². The van der Waals surface area contributed by atoms with Crippen LogP contribution in [0.4, 0.5) is 0 Å². The average molecular weight is 287 g/mol. The largest absolute Gasteiger partial charge is 0.476 e. The molecule has 2 aromatic rings. The van der Waals surface area contributed by atoms with Gasteiger partial charge < -0.3 is 5.11 Å². The second-order valence-electron chi connectivity index (χ2n) is 3.00. The second-order valence-corrected chi connectivity index (χ2v) is 4.60. The quantitative estimate of drug-likeness (QED) is 0.923. The van der Waals surface area contributed by atoms with E-state index in [0.717, 1.165) is 10.0 Å². The molecule has 0 aromatic carbocycles. The molecule has 0 atom stereocenters. The number of carboxylic acids is 1. The van der Waals surface area contributed by atoms with Crippen molar-refractivity contribution in [1.29, 1.82) is 0 Å². The van der Waals surface area contributed by atoms with Gasteiger partial charge in [0.2, 0.25) is 0 Å². The van der Waals surface area contributed by atoms with Crippen LogP contribution >= 0.6 is 27.3 Å². The van der Waals surface area contributed by atoms with Crippen LogP contribution in [0.1, 0.15) is 10.5 Å². The fourth-order valence-corrected chi connectivity index (χ4v) is 2.83. The van der Waals surface area contributed by atoms with Gasteiger partial charge in [0, 0.05) is 34.2 Å². The Morgan fingerprint density at radius 2 is 2.27 bits per heavy atom. The standard InChI is InChI=1S/C9H7BrN2O2S/c1-12-2-5(8(11-12)9(13)14)6-3-15-4-7(6)10/h2-4H,1H3,(H,13,14). The van der Waals surface area contributed by atoms with E-state index in [-0.39, 0.29) is 5.69 Å². The highest BCUT2D eigenvalue weighted by Crippen LogP contribution is 2.33. The Bertz CT molecular complexity index is 518. The van der Waals surface area contributed by atoms with Crippen molar-refractivity contribution in [1.82, 2.24) is 9.78 Å². The lowest BCUT2D eigenvalue weighted by atomic mass is 10.1. The highest BCUT2D eigenvalue weighted by molar-refractivity contribution is 9.10.